The lowest BCUT2D eigenvalue weighted by atomic mass is 10.1. The van der Waals surface area contributed by atoms with Gasteiger partial charge in [0.2, 0.25) is 0 Å². The summed E-state index contributed by atoms with van der Waals surface area (Å²) in [6, 6.07) is 8.65. The summed E-state index contributed by atoms with van der Waals surface area (Å²) in [4.78, 5) is 11.3. The van der Waals surface area contributed by atoms with Crippen LogP contribution < -0.4 is 0 Å². The number of carbonyl (C=O) groups excluding carboxylic acids is 1. The largest absolute Gasteiger partial charge is 0.461 e. The van der Waals surface area contributed by atoms with Crippen molar-refractivity contribution in [1.82, 2.24) is 0 Å². The van der Waals surface area contributed by atoms with Crippen LogP contribution in [0.2, 0.25) is 0 Å². The number of methoxy groups -OCH3 is 1. The molecule has 1 N–H and O–H groups in total. The van der Waals surface area contributed by atoms with Crippen LogP contribution in [-0.2, 0) is 14.3 Å². The van der Waals surface area contributed by atoms with Gasteiger partial charge in [-0.2, -0.15) is 0 Å². The highest BCUT2D eigenvalue weighted by atomic mass is 16.6. The van der Waals surface area contributed by atoms with Crippen molar-refractivity contribution in [1.29, 1.82) is 0 Å². The van der Waals surface area contributed by atoms with Crippen LogP contribution in [0.25, 0.3) is 0 Å². The molecule has 1 rings (SSSR count). The number of benzene rings is 1. The number of aliphatic hydroxyl groups is 1. The first-order valence-corrected chi connectivity index (χ1v) is 4.64. The van der Waals surface area contributed by atoms with Crippen molar-refractivity contribution in [3.8, 4) is 0 Å². The molecule has 0 aromatic heterocycles. The SMILES string of the molecule is COCCOC(=O)C(O)c1ccccc1. The second-order valence-electron chi connectivity index (χ2n) is 2.97. The summed E-state index contributed by atoms with van der Waals surface area (Å²) < 4.78 is 9.50. The van der Waals surface area contributed by atoms with E-state index in [1.807, 2.05) is 6.07 Å². The summed E-state index contributed by atoms with van der Waals surface area (Å²) in [6.07, 6.45) is -1.22. The Kier molecular flexibility index (Phi) is 4.80. The minimum Gasteiger partial charge on any atom is -0.461 e. The number of ether oxygens (including phenoxy) is 2. The lowest BCUT2D eigenvalue weighted by Crippen LogP contribution is -2.17. The van der Waals surface area contributed by atoms with Crippen LogP contribution in [-0.4, -0.2) is 31.4 Å². The number of carbonyl (C=O) groups is 1. The second kappa shape index (κ2) is 6.16. The van der Waals surface area contributed by atoms with Crippen LogP contribution in [0.1, 0.15) is 11.7 Å². The van der Waals surface area contributed by atoms with Crippen molar-refractivity contribution in [3.05, 3.63) is 35.9 Å². The average Bonchev–Trinajstić information content (AvgIpc) is 2.29. The minimum absolute atomic E-state index is 0.152. The molecule has 4 heteroatoms. The predicted molar refractivity (Wildman–Crippen MR) is 54.2 cm³/mol. The van der Waals surface area contributed by atoms with Crippen LogP contribution in [0.3, 0.4) is 0 Å². The second-order valence-corrected chi connectivity index (χ2v) is 2.97. The third-order valence-corrected chi connectivity index (χ3v) is 1.87. The van der Waals surface area contributed by atoms with Crippen molar-refractivity contribution < 1.29 is 19.4 Å². The molecule has 0 aliphatic rings. The molecule has 15 heavy (non-hydrogen) atoms. The van der Waals surface area contributed by atoms with Gasteiger partial charge in [-0.25, -0.2) is 4.79 Å². The summed E-state index contributed by atoms with van der Waals surface area (Å²) in [5, 5.41) is 9.57. The van der Waals surface area contributed by atoms with Gasteiger partial charge in [0.15, 0.2) is 6.10 Å². The van der Waals surface area contributed by atoms with Crippen molar-refractivity contribution in [2.24, 2.45) is 0 Å². The molecule has 0 spiro atoms. The molecule has 0 bridgehead atoms. The Hall–Kier alpha value is -1.39. The smallest absolute Gasteiger partial charge is 0.339 e. The Morgan fingerprint density at radius 3 is 2.60 bits per heavy atom. The number of hydrogen-bond donors (Lipinski definition) is 1. The van der Waals surface area contributed by atoms with Gasteiger partial charge in [-0.05, 0) is 5.56 Å². The highest BCUT2D eigenvalue weighted by Gasteiger charge is 2.17. The van der Waals surface area contributed by atoms with E-state index in [4.69, 9.17) is 9.47 Å². The number of aliphatic hydroxyl groups excluding tert-OH is 1. The van der Waals surface area contributed by atoms with Gasteiger partial charge in [-0.15, -0.1) is 0 Å². The van der Waals surface area contributed by atoms with Crippen LogP contribution in [0.15, 0.2) is 30.3 Å². The summed E-state index contributed by atoms with van der Waals surface area (Å²) in [7, 11) is 1.52. The maximum absolute atomic E-state index is 11.3. The molecule has 0 heterocycles. The molecule has 0 aliphatic heterocycles. The highest BCUT2D eigenvalue weighted by molar-refractivity contribution is 5.76. The van der Waals surface area contributed by atoms with Gasteiger partial charge in [0.1, 0.15) is 6.61 Å². The standard InChI is InChI=1S/C11H14O4/c1-14-7-8-15-11(13)10(12)9-5-3-2-4-6-9/h2-6,10,12H,7-8H2,1H3. The van der Waals surface area contributed by atoms with E-state index in [1.165, 1.54) is 7.11 Å². The maximum Gasteiger partial charge on any atom is 0.339 e. The predicted octanol–water partition coefficient (Wildman–Crippen LogP) is 0.910. The zero-order chi connectivity index (χ0) is 11.1. The Morgan fingerprint density at radius 1 is 1.33 bits per heavy atom. The van der Waals surface area contributed by atoms with Crippen LogP contribution in [0.4, 0.5) is 0 Å². The molecule has 0 amide bonds. The van der Waals surface area contributed by atoms with E-state index in [2.05, 4.69) is 0 Å². The van der Waals surface area contributed by atoms with Gasteiger partial charge in [-0.3, -0.25) is 0 Å². The third kappa shape index (κ3) is 3.69. The van der Waals surface area contributed by atoms with Gasteiger partial charge in [-0.1, -0.05) is 30.3 Å². The lowest BCUT2D eigenvalue weighted by molar-refractivity contribution is -0.155. The normalized spacial score (nSPS) is 12.1. The zero-order valence-electron chi connectivity index (χ0n) is 8.55. The molecule has 0 fully saturated rings. The maximum atomic E-state index is 11.3. The molecular weight excluding hydrogens is 196 g/mol. The first-order valence-electron chi connectivity index (χ1n) is 4.64. The molecule has 0 saturated heterocycles. The van der Waals surface area contributed by atoms with Crippen molar-refractivity contribution in [2.75, 3.05) is 20.3 Å². The Balaban J connectivity index is 2.46. The van der Waals surface area contributed by atoms with Crippen LogP contribution >= 0.6 is 0 Å². The fraction of sp³-hybridized carbons (Fsp3) is 0.364. The molecule has 1 aromatic carbocycles. The summed E-state index contributed by atoms with van der Waals surface area (Å²) in [6.45, 7) is 0.479. The van der Waals surface area contributed by atoms with Crippen molar-refractivity contribution in [3.63, 3.8) is 0 Å². The molecule has 1 aromatic rings. The topological polar surface area (TPSA) is 55.8 Å². The van der Waals surface area contributed by atoms with E-state index in [-0.39, 0.29) is 6.61 Å². The van der Waals surface area contributed by atoms with E-state index in [0.29, 0.717) is 12.2 Å². The number of hydrogen-bond acceptors (Lipinski definition) is 4. The summed E-state index contributed by atoms with van der Waals surface area (Å²) in [5.41, 5.74) is 0.528. The van der Waals surface area contributed by atoms with Crippen molar-refractivity contribution in [2.45, 2.75) is 6.10 Å². The summed E-state index contributed by atoms with van der Waals surface area (Å²) in [5.74, 6) is -0.654. The van der Waals surface area contributed by atoms with Gasteiger partial charge < -0.3 is 14.6 Å². The zero-order valence-corrected chi connectivity index (χ0v) is 8.55. The Labute approximate surface area is 88.4 Å². The molecule has 4 nitrogen and oxygen atoms in total. The number of esters is 1. The average molecular weight is 210 g/mol. The van der Waals surface area contributed by atoms with E-state index < -0.39 is 12.1 Å². The van der Waals surface area contributed by atoms with Gasteiger partial charge in [0.25, 0.3) is 0 Å². The van der Waals surface area contributed by atoms with E-state index in [9.17, 15) is 9.90 Å². The van der Waals surface area contributed by atoms with E-state index in [1.54, 1.807) is 24.3 Å². The quantitative estimate of drug-likeness (QED) is 0.579. The highest BCUT2D eigenvalue weighted by Crippen LogP contribution is 2.13. The molecule has 0 radical (unpaired) electrons. The first kappa shape index (κ1) is 11.7. The Morgan fingerprint density at radius 2 is 2.00 bits per heavy atom. The van der Waals surface area contributed by atoms with Crippen molar-refractivity contribution >= 4 is 5.97 Å². The van der Waals surface area contributed by atoms with Gasteiger partial charge in [0, 0.05) is 7.11 Å². The lowest BCUT2D eigenvalue weighted by Gasteiger charge is -2.10. The Bertz CT molecular complexity index is 297. The molecule has 0 aliphatic carbocycles. The summed E-state index contributed by atoms with van der Waals surface area (Å²) >= 11 is 0. The third-order valence-electron chi connectivity index (χ3n) is 1.87. The van der Waals surface area contributed by atoms with E-state index in [0.717, 1.165) is 0 Å². The molecule has 1 atom stereocenters. The molecule has 82 valence electrons. The molecule has 0 saturated carbocycles. The molecular formula is C11H14O4. The van der Waals surface area contributed by atoms with E-state index >= 15 is 0 Å². The van der Waals surface area contributed by atoms with Crippen LogP contribution in [0.5, 0.6) is 0 Å². The fourth-order valence-electron chi connectivity index (χ4n) is 1.08. The minimum atomic E-state index is -1.22. The molecule has 1 unspecified atom stereocenters. The van der Waals surface area contributed by atoms with Gasteiger partial charge >= 0.3 is 5.97 Å². The monoisotopic (exact) mass is 210 g/mol. The van der Waals surface area contributed by atoms with Crippen LogP contribution in [0, 0.1) is 0 Å². The number of rotatable bonds is 5. The first-order chi connectivity index (χ1) is 7.25. The fourth-order valence-corrected chi connectivity index (χ4v) is 1.08. The van der Waals surface area contributed by atoms with Gasteiger partial charge in [0.05, 0.1) is 6.61 Å².